The maximum absolute atomic E-state index is 12.1. The number of aryl methyl sites for hydroxylation is 1. The summed E-state index contributed by atoms with van der Waals surface area (Å²) in [5.41, 5.74) is 3.34. The Hall–Kier alpha value is -3.21. The molecular weight excluding hydrogens is 336 g/mol. The lowest BCUT2D eigenvalue weighted by molar-refractivity contribution is -0.117. The van der Waals surface area contributed by atoms with Gasteiger partial charge in [0.1, 0.15) is 11.6 Å². The van der Waals surface area contributed by atoms with Crippen molar-refractivity contribution in [1.29, 1.82) is 0 Å². The van der Waals surface area contributed by atoms with Crippen LogP contribution in [0.25, 0.3) is 22.9 Å². The topological polar surface area (TPSA) is 66.9 Å². The van der Waals surface area contributed by atoms with Gasteiger partial charge in [-0.25, -0.2) is 9.97 Å². The quantitative estimate of drug-likeness (QED) is 0.705. The highest BCUT2D eigenvalue weighted by Gasteiger charge is 2.29. The van der Waals surface area contributed by atoms with Gasteiger partial charge in [-0.3, -0.25) is 4.79 Å². The molecule has 5 heteroatoms. The number of benzene rings is 1. The summed E-state index contributed by atoms with van der Waals surface area (Å²) in [7, 11) is 1.84. The zero-order chi connectivity index (χ0) is 18.8. The first-order valence-corrected chi connectivity index (χ1v) is 9.16. The molecule has 1 fully saturated rings. The molecule has 1 amide bonds. The van der Waals surface area contributed by atoms with Gasteiger partial charge in [0, 0.05) is 36.3 Å². The van der Waals surface area contributed by atoms with E-state index in [1.807, 2.05) is 25.4 Å². The molecule has 2 aromatic heterocycles. The maximum Gasteiger partial charge on any atom is 0.228 e. The fourth-order valence-electron chi connectivity index (χ4n) is 2.99. The molecule has 2 heterocycles. The number of amides is 1. The molecule has 0 bridgehead atoms. The molecule has 0 aliphatic heterocycles. The third-order valence-corrected chi connectivity index (χ3v) is 4.77. The van der Waals surface area contributed by atoms with Crippen LogP contribution < -0.4 is 10.6 Å². The van der Waals surface area contributed by atoms with Crippen molar-refractivity contribution in [3.63, 3.8) is 0 Å². The van der Waals surface area contributed by atoms with Crippen molar-refractivity contribution >= 4 is 40.5 Å². The first-order valence-electron chi connectivity index (χ1n) is 9.16. The van der Waals surface area contributed by atoms with Gasteiger partial charge in [-0.2, -0.15) is 0 Å². The number of carbonyl (C=O) groups excluding carboxylic acids is 1. The predicted molar refractivity (Wildman–Crippen MR) is 111 cm³/mol. The van der Waals surface area contributed by atoms with Crippen molar-refractivity contribution in [3.05, 3.63) is 59.4 Å². The number of anilines is 2. The molecule has 0 unspecified atom stereocenters. The minimum atomic E-state index is 0.0569. The summed E-state index contributed by atoms with van der Waals surface area (Å²) >= 11 is 0. The molecule has 1 saturated carbocycles. The van der Waals surface area contributed by atoms with E-state index >= 15 is 0 Å². The lowest BCUT2D eigenvalue weighted by Gasteiger charge is -2.10. The minimum absolute atomic E-state index is 0.0569. The number of aromatic nitrogens is 2. The van der Waals surface area contributed by atoms with Crippen molar-refractivity contribution in [2.24, 2.45) is 5.92 Å². The molecule has 0 spiro atoms. The van der Waals surface area contributed by atoms with Crippen molar-refractivity contribution in [3.8, 4) is 0 Å². The van der Waals surface area contributed by atoms with E-state index in [1.54, 1.807) is 6.20 Å². The van der Waals surface area contributed by atoms with Gasteiger partial charge in [-0.05, 0) is 36.8 Å². The van der Waals surface area contributed by atoms with Gasteiger partial charge in [-0.1, -0.05) is 42.0 Å². The second-order valence-electron chi connectivity index (χ2n) is 6.93. The second kappa shape index (κ2) is 7.19. The summed E-state index contributed by atoms with van der Waals surface area (Å²) in [6.07, 6.45) is 9.66. The Morgan fingerprint density at radius 3 is 2.56 bits per heavy atom. The van der Waals surface area contributed by atoms with Crippen LogP contribution in [0, 0.1) is 12.8 Å². The lowest BCUT2D eigenvalue weighted by atomic mass is 10.1. The highest BCUT2D eigenvalue weighted by Crippen LogP contribution is 2.31. The largest absolute Gasteiger partial charge is 0.373 e. The van der Waals surface area contributed by atoms with Crippen LogP contribution in [0.15, 0.2) is 42.7 Å². The predicted octanol–water partition coefficient (Wildman–Crippen LogP) is 4.50. The van der Waals surface area contributed by atoms with Gasteiger partial charge in [-0.15, -0.1) is 0 Å². The number of hydrogen-bond acceptors (Lipinski definition) is 4. The second-order valence-corrected chi connectivity index (χ2v) is 6.93. The van der Waals surface area contributed by atoms with Crippen LogP contribution in [0.1, 0.15) is 29.5 Å². The minimum Gasteiger partial charge on any atom is -0.373 e. The van der Waals surface area contributed by atoms with Crippen molar-refractivity contribution in [2.75, 3.05) is 17.7 Å². The first kappa shape index (κ1) is 17.2. The molecule has 0 radical (unpaired) electrons. The summed E-state index contributed by atoms with van der Waals surface area (Å²) in [6, 6.07) is 10.3. The number of pyridine rings is 2. The smallest absolute Gasteiger partial charge is 0.228 e. The molecule has 3 aromatic rings. The Morgan fingerprint density at radius 2 is 1.85 bits per heavy atom. The standard InChI is InChI=1S/C22H22N4O/c1-14-3-5-15(6-4-14)7-8-17-12-25-21(23-2)19-13-24-20(11-18(17)19)26-22(27)16-9-10-16/h3-8,11-13,16H,9-10H2,1-2H3,(H,23,25)(H,24,26,27)/b8-7-. The molecule has 0 saturated heterocycles. The summed E-state index contributed by atoms with van der Waals surface area (Å²) < 4.78 is 0. The lowest BCUT2D eigenvalue weighted by Crippen LogP contribution is -2.14. The zero-order valence-electron chi connectivity index (χ0n) is 15.5. The highest BCUT2D eigenvalue weighted by molar-refractivity contribution is 6.01. The molecule has 1 aromatic carbocycles. The molecule has 2 N–H and O–H groups in total. The van der Waals surface area contributed by atoms with Crippen LogP contribution in [0.4, 0.5) is 11.6 Å². The van der Waals surface area contributed by atoms with E-state index in [9.17, 15) is 4.79 Å². The molecule has 1 aliphatic carbocycles. The van der Waals surface area contributed by atoms with Gasteiger partial charge in [0.15, 0.2) is 0 Å². The van der Waals surface area contributed by atoms with Gasteiger partial charge in [0.2, 0.25) is 5.91 Å². The van der Waals surface area contributed by atoms with E-state index in [0.717, 1.165) is 40.6 Å². The van der Waals surface area contributed by atoms with E-state index in [1.165, 1.54) is 5.56 Å². The van der Waals surface area contributed by atoms with Crippen LogP contribution in [0.3, 0.4) is 0 Å². The number of fused-ring (bicyclic) bond motifs is 1. The average Bonchev–Trinajstić information content (AvgIpc) is 3.52. The Labute approximate surface area is 158 Å². The van der Waals surface area contributed by atoms with Crippen molar-refractivity contribution in [2.45, 2.75) is 19.8 Å². The third-order valence-electron chi connectivity index (χ3n) is 4.77. The number of nitrogens with zero attached hydrogens (tertiary/aromatic N) is 2. The number of rotatable bonds is 5. The Bertz CT molecular complexity index is 1020. The molecule has 27 heavy (non-hydrogen) atoms. The van der Waals surface area contributed by atoms with Crippen LogP contribution in [-0.4, -0.2) is 22.9 Å². The summed E-state index contributed by atoms with van der Waals surface area (Å²) in [6.45, 7) is 2.08. The normalized spacial score (nSPS) is 13.9. The van der Waals surface area contributed by atoms with E-state index in [2.05, 4.69) is 57.9 Å². The van der Waals surface area contributed by atoms with Crippen molar-refractivity contribution in [1.82, 2.24) is 9.97 Å². The number of nitrogens with one attached hydrogen (secondary N) is 2. The van der Waals surface area contributed by atoms with Crippen LogP contribution in [-0.2, 0) is 4.79 Å². The van der Waals surface area contributed by atoms with Gasteiger partial charge < -0.3 is 10.6 Å². The van der Waals surface area contributed by atoms with Crippen LogP contribution >= 0.6 is 0 Å². The first-order chi connectivity index (χ1) is 13.1. The summed E-state index contributed by atoms with van der Waals surface area (Å²) in [4.78, 5) is 21.0. The Morgan fingerprint density at radius 1 is 1.07 bits per heavy atom. The fourth-order valence-corrected chi connectivity index (χ4v) is 2.99. The fraction of sp³-hybridized carbons (Fsp3) is 0.227. The maximum atomic E-state index is 12.1. The van der Waals surface area contributed by atoms with Gasteiger partial charge in [0.05, 0.1) is 0 Å². The van der Waals surface area contributed by atoms with E-state index < -0.39 is 0 Å². The van der Waals surface area contributed by atoms with E-state index in [0.29, 0.717) is 5.82 Å². The molecule has 5 nitrogen and oxygen atoms in total. The Balaban J connectivity index is 1.71. The highest BCUT2D eigenvalue weighted by atomic mass is 16.2. The number of carbonyl (C=O) groups is 1. The molecular formula is C22H22N4O. The number of hydrogen-bond donors (Lipinski definition) is 2. The van der Waals surface area contributed by atoms with Crippen LogP contribution in [0.2, 0.25) is 0 Å². The van der Waals surface area contributed by atoms with Gasteiger partial charge in [0.25, 0.3) is 0 Å². The molecule has 0 atom stereocenters. The summed E-state index contributed by atoms with van der Waals surface area (Å²) in [5.74, 6) is 1.55. The molecule has 1 aliphatic rings. The third kappa shape index (κ3) is 3.82. The zero-order valence-corrected chi connectivity index (χ0v) is 15.5. The SMILES string of the molecule is CNc1ncc(/C=C\c2ccc(C)cc2)c2cc(NC(=O)C3CC3)ncc12. The van der Waals surface area contributed by atoms with E-state index in [-0.39, 0.29) is 11.8 Å². The monoisotopic (exact) mass is 358 g/mol. The van der Waals surface area contributed by atoms with Crippen molar-refractivity contribution < 1.29 is 4.79 Å². The molecule has 4 rings (SSSR count). The average molecular weight is 358 g/mol. The Kier molecular flexibility index (Phi) is 4.59. The van der Waals surface area contributed by atoms with E-state index in [4.69, 9.17) is 0 Å². The van der Waals surface area contributed by atoms with Crippen LogP contribution in [0.5, 0.6) is 0 Å². The molecule has 136 valence electrons. The van der Waals surface area contributed by atoms with Gasteiger partial charge >= 0.3 is 0 Å². The summed E-state index contributed by atoms with van der Waals surface area (Å²) in [5, 5.41) is 7.95.